The van der Waals surface area contributed by atoms with E-state index in [1.807, 2.05) is 0 Å². The van der Waals surface area contributed by atoms with Crippen LogP contribution in [-0.4, -0.2) is 0 Å². The van der Waals surface area contributed by atoms with Crippen LogP contribution in [0, 0.1) is 17.3 Å². The molecule has 4 atom stereocenters. The maximum atomic E-state index is 2.69. The number of hydrogen-bond donors (Lipinski definition) is 0. The average molecular weight is 587 g/mol. The number of aryl methyl sites for hydroxylation is 1. The van der Waals surface area contributed by atoms with Crippen molar-refractivity contribution in [3.8, 4) is 11.3 Å². The van der Waals surface area contributed by atoms with Crippen LogP contribution in [0.15, 0.2) is 78.5 Å². The van der Waals surface area contributed by atoms with Crippen LogP contribution in [0.1, 0.15) is 123 Å². The highest BCUT2D eigenvalue weighted by atomic mass is 15.0. The molecule has 44 heavy (non-hydrogen) atoms. The SMILES string of the molecule is CCC1[n+]2cc3cc(CCCC4(C)CCCCC4)ccc3cc2-c2cc3ccccc3cc2C1(C)C(C)CC(C)C=C(C)C. The van der Waals surface area contributed by atoms with Crippen molar-refractivity contribution in [3.63, 3.8) is 0 Å². The Morgan fingerprint density at radius 2 is 1.59 bits per heavy atom. The van der Waals surface area contributed by atoms with Gasteiger partial charge in [0.05, 0.1) is 11.0 Å². The van der Waals surface area contributed by atoms with E-state index in [9.17, 15) is 0 Å². The maximum absolute atomic E-state index is 2.69. The normalized spacial score (nSPS) is 22.3. The average Bonchev–Trinajstić information content (AvgIpc) is 2.99. The van der Waals surface area contributed by atoms with Crippen molar-refractivity contribution in [1.82, 2.24) is 0 Å². The van der Waals surface area contributed by atoms with Crippen LogP contribution >= 0.6 is 0 Å². The molecule has 0 saturated heterocycles. The van der Waals surface area contributed by atoms with E-state index in [0.29, 0.717) is 23.3 Å². The van der Waals surface area contributed by atoms with E-state index in [4.69, 9.17) is 0 Å². The molecule has 1 aliphatic carbocycles. The number of fused-ring (bicyclic) bond motifs is 5. The lowest BCUT2D eigenvalue weighted by Gasteiger charge is -2.44. The van der Waals surface area contributed by atoms with E-state index in [2.05, 4.69) is 126 Å². The Balaban J connectivity index is 1.42. The molecule has 0 N–H and O–H groups in total. The van der Waals surface area contributed by atoms with Gasteiger partial charge in [-0.1, -0.05) is 95.0 Å². The Morgan fingerprint density at radius 3 is 2.30 bits per heavy atom. The van der Waals surface area contributed by atoms with E-state index in [1.54, 1.807) is 0 Å². The first-order valence-electron chi connectivity index (χ1n) is 17.8. The van der Waals surface area contributed by atoms with Crippen LogP contribution in [0.4, 0.5) is 0 Å². The summed E-state index contributed by atoms with van der Waals surface area (Å²) in [7, 11) is 0. The molecule has 0 radical (unpaired) electrons. The van der Waals surface area contributed by atoms with Gasteiger partial charge in [-0.25, -0.2) is 0 Å². The lowest BCUT2D eigenvalue weighted by Crippen LogP contribution is -2.57. The summed E-state index contributed by atoms with van der Waals surface area (Å²) in [5.74, 6) is 1.09. The van der Waals surface area contributed by atoms with E-state index in [0.717, 1.165) is 6.42 Å². The van der Waals surface area contributed by atoms with Crippen LogP contribution in [-0.2, 0) is 11.8 Å². The van der Waals surface area contributed by atoms with Crippen LogP contribution in [0.25, 0.3) is 32.8 Å². The lowest BCUT2D eigenvalue weighted by molar-refractivity contribution is -0.724. The summed E-state index contributed by atoms with van der Waals surface area (Å²) in [5.41, 5.74) is 7.85. The molecule has 1 heteroatoms. The summed E-state index contributed by atoms with van der Waals surface area (Å²) in [5, 5.41) is 5.45. The van der Waals surface area contributed by atoms with Gasteiger partial charge in [0.2, 0.25) is 5.69 Å². The summed E-state index contributed by atoms with van der Waals surface area (Å²) in [6, 6.07) is 24.2. The minimum atomic E-state index is 0.0241. The van der Waals surface area contributed by atoms with Gasteiger partial charge >= 0.3 is 0 Å². The zero-order valence-electron chi connectivity index (χ0n) is 28.7. The molecule has 1 saturated carbocycles. The second kappa shape index (κ2) is 12.5. The molecule has 1 aliphatic heterocycles. The van der Waals surface area contributed by atoms with Crippen molar-refractivity contribution >= 4 is 21.5 Å². The van der Waals surface area contributed by atoms with Gasteiger partial charge in [0, 0.05) is 17.9 Å². The van der Waals surface area contributed by atoms with E-state index < -0.39 is 0 Å². The predicted octanol–water partition coefficient (Wildman–Crippen LogP) is 12.1. The molecule has 4 aromatic rings. The first kappa shape index (κ1) is 31.1. The highest BCUT2D eigenvalue weighted by Crippen LogP contribution is 2.51. The summed E-state index contributed by atoms with van der Waals surface area (Å²) in [6.07, 6.45) is 18.3. The fourth-order valence-corrected chi connectivity index (χ4v) is 9.33. The lowest BCUT2D eigenvalue weighted by atomic mass is 9.61. The molecule has 1 nitrogen and oxygen atoms in total. The molecule has 2 aliphatic rings. The number of nitrogens with zero attached hydrogens (tertiary/aromatic N) is 1. The molecular weight excluding hydrogens is 530 g/mol. The predicted molar refractivity (Wildman–Crippen MR) is 190 cm³/mol. The summed E-state index contributed by atoms with van der Waals surface area (Å²) in [6.45, 7) is 16.9. The summed E-state index contributed by atoms with van der Waals surface area (Å²) >= 11 is 0. The number of pyridine rings is 1. The Bertz CT molecular complexity index is 1660. The van der Waals surface area contributed by atoms with Crippen molar-refractivity contribution in [3.05, 3.63) is 89.6 Å². The van der Waals surface area contributed by atoms with E-state index in [-0.39, 0.29) is 5.41 Å². The van der Waals surface area contributed by atoms with Crippen molar-refractivity contribution in [2.75, 3.05) is 0 Å². The molecule has 0 amide bonds. The molecule has 2 heterocycles. The van der Waals surface area contributed by atoms with Crippen LogP contribution < -0.4 is 4.57 Å². The number of aromatic nitrogens is 1. The zero-order chi connectivity index (χ0) is 31.1. The van der Waals surface area contributed by atoms with Gasteiger partial charge in [0.1, 0.15) is 0 Å². The molecule has 1 aromatic heterocycles. The van der Waals surface area contributed by atoms with Gasteiger partial charge in [0.15, 0.2) is 12.2 Å². The fourth-order valence-electron chi connectivity index (χ4n) is 9.33. The molecule has 0 bridgehead atoms. The third kappa shape index (κ3) is 5.89. The van der Waals surface area contributed by atoms with E-state index >= 15 is 0 Å². The first-order valence-corrected chi connectivity index (χ1v) is 17.8. The Labute approximate surface area is 267 Å². The van der Waals surface area contributed by atoms with Gasteiger partial charge in [-0.3, -0.25) is 0 Å². The first-order chi connectivity index (χ1) is 21.1. The molecule has 6 rings (SSSR count). The number of benzene rings is 3. The van der Waals surface area contributed by atoms with E-state index in [1.165, 1.54) is 107 Å². The second-order valence-electron chi connectivity index (χ2n) is 15.6. The number of allylic oxidation sites excluding steroid dienone is 2. The molecular formula is C43H56N+. The molecule has 3 aromatic carbocycles. The summed E-state index contributed by atoms with van der Waals surface area (Å²) in [4.78, 5) is 0. The van der Waals surface area contributed by atoms with Crippen molar-refractivity contribution in [2.45, 2.75) is 124 Å². The highest BCUT2D eigenvalue weighted by molar-refractivity contribution is 5.91. The third-order valence-corrected chi connectivity index (χ3v) is 11.8. The highest BCUT2D eigenvalue weighted by Gasteiger charge is 2.51. The van der Waals surface area contributed by atoms with Crippen molar-refractivity contribution in [1.29, 1.82) is 0 Å². The van der Waals surface area contributed by atoms with Crippen molar-refractivity contribution < 1.29 is 4.57 Å². The molecule has 232 valence electrons. The van der Waals surface area contributed by atoms with Crippen molar-refractivity contribution in [2.24, 2.45) is 17.3 Å². The zero-order valence-corrected chi connectivity index (χ0v) is 28.7. The second-order valence-corrected chi connectivity index (χ2v) is 15.6. The number of rotatable bonds is 9. The molecule has 1 fully saturated rings. The quantitative estimate of drug-likeness (QED) is 0.136. The standard InChI is InChI=1S/C43H56N/c1-8-41-43(7,32(5)24-31(4)23-30(2)3)39-27-35-17-11-10-16-34(35)26-38(39)40-28-36-19-18-33(25-37(36)29-44(40)41)15-14-22-42(6)20-12-9-13-21-42/h10-11,16-19,23,25-29,31-32,41H,8-9,12-15,20-22,24H2,1-7H3/q+1. The Kier molecular flexibility index (Phi) is 8.80. The largest absolute Gasteiger partial charge is 0.213 e. The molecule has 0 spiro atoms. The third-order valence-electron chi connectivity index (χ3n) is 11.8. The minimum absolute atomic E-state index is 0.0241. The topological polar surface area (TPSA) is 3.88 Å². The van der Waals surface area contributed by atoms with Gasteiger partial charge in [0.25, 0.3) is 0 Å². The number of hydrogen-bond acceptors (Lipinski definition) is 0. The minimum Gasteiger partial charge on any atom is -0.194 e. The van der Waals surface area contributed by atoms with Gasteiger partial charge in [-0.2, -0.15) is 4.57 Å². The van der Waals surface area contributed by atoms with Crippen LogP contribution in [0.3, 0.4) is 0 Å². The Hall–Kier alpha value is -2.93. The summed E-state index contributed by atoms with van der Waals surface area (Å²) < 4.78 is 2.69. The smallest absolute Gasteiger partial charge is 0.194 e. The maximum Gasteiger partial charge on any atom is 0.213 e. The fraction of sp³-hybridized carbons (Fsp3) is 0.512. The van der Waals surface area contributed by atoms with Crippen LogP contribution in [0.5, 0.6) is 0 Å². The van der Waals surface area contributed by atoms with Crippen LogP contribution in [0.2, 0.25) is 0 Å². The van der Waals surface area contributed by atoms with Gasteiger partial charge in [-0.05, 0) is 122 Å². The molecule has 4 unspecified atom stereocenters. The Morgan fingerprint density at radius 1 is 0.886 bits per heavy atom. The monoisotopic (exact) mass is 586 g/mol. The van der Waals surface area contributed by atoms with Gasteiger partial charge in [-0.15, -0.1) is 0 Å². The van der Waals surface area contributed by atoms with Gasteiger partial charge < -0.3 is 0 Å².